The number of carbonyl (C=O) groups is 3. The van der Waals surface area contributed by atoms with Crippen molar-refractivity contribution in [3.8, 4) is 0 Å². The molecule has 2 aliphatic carbocycles. The maximum Gasteiger partial charge on any atom is 0.233 e. The average Bonchev–Trinajstić information content (AvgIpc) is 3.59. The number of amides is 3. The second-order valence-electron chi connectivity index (χ2n) is 14.1. The summed E-state index contributed by atoms with van der Waals surface area (Å²) in [5.74, 6) is 1.31. The maximum absolute atomic E-state index is 13.9. The van der Waals surface area contributed by atoms with Crippen LogP contribution in [0.5, 0.6) is 0 Å². The lowest BCUT2D eigenvalue weighted by molar-refractivity contribution is -0.133. The van der Waals surface area contributed by atoms with E-state index in [0.29, 0.717) is 32.0 Å². The van der Waals surface area contributed by atoms with E-state index >= 15 is 0 Å². The van der Waals surface area contributed by atoms with Gasteiger partial charge in [0.05, 0.1) is 35.0 Å². The first-order valence-electron chi connectivity index (χ1n) is 15.9. The fourth-order valence-electron chi connectivity index (χ4n) is 8.06. The predicted octanol–water partition coefficient (Wildman–Crippen LogP) is 4.53. The molecule has 1 aromatic heterocycles. The molecular weight excluding hydrogens is 530 g/mol. The van der Waals surface area contributed by atoms with E-state index in [1.165, 1.54) is 0 Å². The molecule has 5 atom stereocenters. The summed E-state index contributed by atoms with van der Waals surface area (Å²) in [4.78, 5) is 47.0. The molecule has 1 saturated heterocycles. The maximum atomic E-state index is 13.9. The van der Waals surface area contributed by atoms with Crippen LogP contribution < -0.4 is 16.0 Å². The molecule has 42 heavy (non-hydrogen) atoms. The molecule has 3 amide bonds. The summed E-state index contributed by atoms with van der Waals surface area (Å²) < 4.78 is 5.81. The molecule has 0 radical (unpaired) electrons. The molecule has 9 nitrogen and oxygen atoms in total. The number of H-pyrrole nitrogens is 1. The summed E-state index contributed by atoms with van der Waals surface area (Å²) in [6.45, 7) is 12.6. The first-order valence-corrected chi connectivity index (χ1v) is 15.9. The molecule has 3 aliphatic rings. The third-order valence-corrected chi connectivity index (χ3v) is 10.8. The van der Waals surface area contributed by atoms with Gasteiger partial charge in [0.15, 0.2) is 0 Å². The van der Waals surface area contributed by atoms with Crippen molar-refractivity contribution in [2.45, 2.75) is 91.0 Å². The summed E-state index contributed by atoms with van der Waals surface area (Å²) in [6.07, 6.45) is 7.72. The molecule has 1 aromatic carbocycles. The Kier molecular flexibility index (Phi) is 8.70. The fourth-order valence-corrected chi connectivity index (χ4v) is 8.06. The molecule has 1 aliphatic heterocycles. The standard InChI is InChI=1S/C33H49N5O4/c1-6-34-29(40)24(32(5)12-7-13-32)18-35-30(41)33(14-15-42-19-33)22-9-11-25-26(16-22)38-28(37-25)27(36-20-39)23-10-8-21(2)17-31(23,3)4/h9,11,16,20-21,23-24,27H,6-8,10,12-15,17-19H2,1-5H3,(H,34,40)(H,35,41)(H,36,39)(H,37,38)/t21?,23?,24-,27?,33?/m0/s1. The van der Waals surface area contributed by atoms with Gasteiger partial charge < -0.3 is 25.7 Å². The number of benzene rings is 1. The van der Waals surface area contributed by atoms with E-state index in [1.54, 1.807) is 0 Å². The van der Waals surface area contributed by atoms with Gasteiger partial charge in [0, 0.05) is 19.7 Å². The van der Waals surface area contributed by atoms with Gasteiger partial charge in [0.2, 0.25) is 18.2 Å². The summed E-state index contributed by atoms with van der Waals surface area (Å²) in [6, 6.07) is 5.74. The van der Waals surface area contributed by atoms with Crippen LogP contribution in [-0.4, -0.2) is 54.5 Å². The number of ether oxygens (including phenoxy) is 1. The Bertz CT molecular complexity index is 1290. The second kappa shape index (κ2) is 12.0. The number of imidazole rings is 1. The molecule has 2 aromatic rings. The number of aromatic amines is 1. The Morgan fingerprint density at radius 2 is 1.95 bits per heavy atom. The second-order valence-corrected chi connectivity index (χ2v) is 14.1. The summed E-state index contributed by atoms with van der Waals surface area (Å²) in [5.41, 5.74) is 1.63. The molecule has 5 rings (SSSR count). The van der Waals surface area contributed by atoms with E-state index in [0.717, 1.165) is 67.4 Å². The number of hydrogen-bond acceptors (Lipinski definition) is 5. The molecule has 4 unspecified atom stereocenters. The Morgan fingerprint density at radius 1 is 1.17 bits per heavy atom. The van der Waals surface area contributed by atoms with Crippen LogP contribution in [0.15, 0.2) is 18.2 Å². The largest absolute Gasteiger partial charge is 0.380 e. The number of aromatic nitrogens is 2. The Hall–Kier alpha value is -2.94. The van der Waals surface area contributed by atoms with Gasteiger partial charge in [0.1, 0.15) is 5.82 Å². The minimum atomic E-state index is -0.846. The first-order chi connectivity index (χ1) is 20.0. The lowest BCUT2D eigenvalue weighted by Gasteiger charge is -2.44. The normalized spacial score (nSPS) is 27.9. The number of rotatable bonds is 11. The molecule has 2 heterocycles. The SMILES string of the molecule is CCNC(=O)[C@H](CNC(=O)C1(c2ccc3[nH]c(C(NC=O)C4CCC(C)CC4(C)C)nc3c2)CCOC1)C1(C)CCC1. The van der Waals surface area contributed by atoms with E-state index < -0.39 is 5.41 Å². The zero-order chi connectivity index (χ0) is 30.1. The van der Waals surface area contributed by atoms with Crippen molar-refractivity contribution in [3.63, 3.8) is 0 Å². The minimum Gasteiger partial charge on any atom is -0.380 e. The van der Waals surface area contributed by atoms with Crippen molar-refractivity contribution in [2.75, 3.05) is 26.3 Å². The number of hydrogen-bond donors (Lipinski definition) is 4. The molecule has 2 saturated carbocycles. The summed E-state index contributed by atoms with van der Waals surface area (Å²) in [5, 5.41) is 9.21. The van der Waals surface area contributed by atoms with Crippen molar-refractivity contribution in [3.05, 3.63) is 29.6 Å². The van der Waals surface area contributed by atoms with E-state index in [2.05, 4.69) is 48.6 Å². The van der Waals surface area contributed by atoms with Gasteiger partial charge in [-0.25, -0.2) is 4.98 Å². The molecule has 230 valence electrons. The van der Waals surface area contributed by atoms with Gasteiger partial charge in [-0.1, -0.05) is 46.6 Å². The highest BCUT2D eigenvalue weighted by Gasteiger charge is 2.47. The van der Waals surface area contributed by atoms with Crippen LogP contribution in [0.3, 0.4) is 0 Å². The van der Waals surface area contributed by atoms with Gasteiger partial charge in [-0.3, -0.25) is 14.4 Å². The lowest BCUT2D eigenvalue weighted by Crippen LogP contribution is -2.52. The van der Waals surface area contributed by atoms with Crippen molar-refractivity contribution in [1.29, 1.82) is 0 Å². The van der Waals surface area contributed by atoms with Crippen LogP contribution in [0.2, 0.25) is 0 Å². The number of carbonyl (C=O) groups excluding carboxylic acids is 3. The first kappa shape index (κ1) is 30.5. The molecule has 3 fully saturated rings. The van der Waals surface area contributed by atoms with E-state index in [1.807, 2.05) is 25.1 Å². The Balaban J connectivity index is 1.40. The van der Waals surface area contributed by atoms with Crippen molar-refractivity contribution < 1.29 is 19.1 Å². The Labute approximate surface area is 249 Å². The van der Waals surface area contributed by atoms with E-state index in [4.69, 9.17) is 9.72 Å². The smallest absolute Gasteiger partial charge is 0.233 e. The van der Waals surface area contributed by atoms with Crippen LogP contribution in [0.1, 0.15) is 97.0 Å². The topological polar surface area (TPSA) is 125 Å². The monoisotopic (exact) mass is 579 g/mol. The van der Waals surface area contributed by atoms with E-state index in [9.17, 15) is 14.4 Å². The highest BCUT2D eigenvalue weighted by Crippen LogP contribution is 2.49. The van der Waals surface area contributed by atoms with Gasteiger partial charge in [-0.15, -0.1) is 0 Å². The third kappa shape index (κ3) is 5.69. The zero-order valence-electron chi connectivity index (χ0n) is 26.0. The zero-order valence-corrected chi connectivity index (χ0v) is 26.0. The van der Waals surface area contributed by atoms with Crippen molar-refractivity contribution >= 4 is 29.3 Å². The summed E-state index contributed by atoms with van der Waals surface area (Å²) >= 11 is 0. The van der Waals surface area contributed by atoms with Crippen LogP contribution in [0, 0.1) is 28.6 Å². The minimum absolute atomic E-state index is 0.0104. The number of nitrogens with one attached hydrogen (secondary N) is 4. The molecule has 0 bridgehead atoms. The average molecular weight is 580 g/mol. The quantitative estimate of drug-likeness (QED) is 0.291. The van der Waals surface area contributed by atoms with Gasteiger partial charge in [-0.05, 0) is 79.4 Å². The van der Waals surface area contributed by atoms with Gasteiger partial charge >= 0.3 is 0 Å². The highest BCUT2D eigenvalue weighted by atomic mass is 16.5. The van der Waals surface area contributed by atoms with Crippen LogP contribution >= 0.6 is 0 Å². The predicted molar refractivity (Wildman–Crippen MR) is 163 cm³/mol. The van der Waals surface area contributed by atoms with Crippen LogP contribution in [0.4, 0.5) is 0 Å². The van der Waals surface area contributed by atoms with Crippen molar-refractivity contribution in [1.82, 2.24) is 25.9 Å². The summed E-state index contributed by atoms with van der Waals surface area (Å²) in [7, 11) is 0. The molecule has 4 N–H and O–H groups in total. The number of fused-ring (bicyclic) bond motifs is 1. The van der Waals surface area contributed by atoms with Gasteiger partial charge in [-0.2, -0.15) is 0 Å². The van der Waals surface area contributed by atoms with Crippen molar-refractivity contribution in [2.24, 2.45) is 28.6 Å². The molecular formula is C33H49N5O4. The third-order valence-electron chi connectivity index (χ3n) is 10.8. The lowest BCUT2D eigenvalue weighted by atomic mass is 9.62. The molecule has 0 spiro atoms. The van der Waals surface area contributed by atoms with Crippen LogP contribution in [-0.2, 0) is 24.5 Å². The van der Waals surface area contributed by atoms with Gasteiger partial charge in [0.25, 0.3) is 0 Å². The van der Waals surface area contributed by atoms with Crippen LogP contribution in [0.25, 0.3) is 11.0 Å². The number of nitrogens with zero attached hydrogens (tertiary/aromatic N) is 1. The Morgan fingerprint density at radius 3 is 2.57 bits per heavy atom. The molecule has 9 heteroatoms. The van der Waals surface area contributed by atoms with E-state index in [-0.39, 0.29) is 47.1 Å². The highest BCUT2D eigenvalue weighted by molar-refractivity contribution is 5.91. The fraction of sp³-hybridized carbons (Fsp3) is 0.697.